The third kappa shape index (κ3) is 1.87. The van der Waals surface area contributed by atoms with Crippen molar-refractivity contribution >= 4 is 22.5 Å². The van der Waals surface area contributed by atoms with Gasteiger partial charge in [-0.1, -0.05) is 0 Å². The summed E-state index contributed by atoms with van der Waals surface area (Å²) < 4.78 is 2.08. The number of hydrogen-bond acceptors (Lipinski definition) is 3. The van der Waals surface area contributed by atoms with E-state index in [4.69, 9.17) is 5.73 Å². The Morgan fingerprint density at radius 1 is 1.33 bits per heavy atom. The molecule has 0 saturated heterocycles. The number of nitrogens with zero attached hydrogens (tertiary/aromatic N) is 3. The molecule has 21 heavy (non-hydrogen) atoms. The van der Waals surface area contributed by atoms with Crippen LogP contribution in [0.25, 0.3) is 10.9 Å². The molecule has 4 rings (SSSR count). The Kier molecular flexibility index (Phi) is 2.50. The van der Waals surface area contributed by atoms with Crippen LogP contribution < -0.4 is 5.73 Å². The molecular weight excluding hydrogens is 266 g/mol. The van der Waals surface area contributed by atoms with E-state index in [0.29, 0.717) is 24.3 Å². The molecule has 1 aliphatic heterocycles. The van der Waals surface area contributed by atoms with Gasteiger partial charge in [0.05, 0.1) is 12.1 Å². The Labute approximate surface area is 121 Å². The van der Waals surface area contributed by atoms with Crippen LogP contribution in [0.1, 0.15) is 16.2 Å². The summed E-state index contributed by atoms with van der Waals surface area (Å²) in [5.74, 6) is 0.957. The standard InChI is InChI=1S/C15H15N5O/c16-10-1-2-11-12(8-18-13(11)7-10)15(21)20-6-5-19-4-3-17-14(19)9-20/h1-4,7-8,18H,5-6,9,16H2. The Morgan fingerprint density at radius 3 is 3.14 bits per heavy atom. The van der Waals surface area contributed by atoms with Crippen LogP contribution in [0, 0.1) is 0 Å². The van der Waals surface area contributed by atoms with Crippen molar-refractivity contribution in [2.75, 3.05) is 12.3 Å². The van der Waals surface area contributed by atoms with E-state index in [0.717, 1.165) is 23.3 Å². The number of nitrogens with one attached hydrogen (secondary N) is 1. The number of aromatic amines is 1. The van der Waals surface area contributed by atoms with E-state index >= 15 is 0 Å². The number of amides is 1. The van der Waals surface area contributed by atoms with E-state index in [9.17, 15) is 4.79 Å². The smallest absolute Gasteiger partial charge is 0.256 e. The molecular formula is C15H15N5O. The van der Waals surface area contributed by atoms with Gasteiger partial charge in [-0.2, -0.15) is 0 Å². The molecule has 3 aromatic rings. The van der Waals surface area contributed by atoms with Crippen molar-refractivity contribution in [1.29, 1.82) is 0 Å². The van der Waals surface area contributed by atoms with E-state index in [-0.39, 0.29) is 5.91 Å². The van der Waals surface area contributed by atoms with Gasteiger partial charge in [-0.15, -0.1) is 0 Å². The molecule has 0 atom stereocenters. The highest BCUT2D eigenvalue weighted by Crippen LogP contribution is 2.23. The molecule has 6 nitrogen and oxygen atoms in total. The largest absolute Gasteiger partial charge is 0.399 e. The number of carbonyl (C=O) groups excluding carboxylic acids is 1. The van der Waals surface area contributed by atoms with Gasteiger partial charge in [-0.25, -0.2) is 4.98 Å². The lowest BCUT2D eigenvalue weighted by molar-refractivity contribution is 0.0709. The minimum Gasteiger partial charge on any atom is -0.399 e. The van der Waals surface area contributed by atoms with Gasteiger partial charge in [0.2, 0.25) is 0 Å². The van der Waals surface area contributed by atoms with Crippen molar-refractivity contribution in [3.8, 4) is 0 Å². The van der Waals surface area contributed by atoms with E-state index in [1.165, 1.54) is 0 Å². The Morgan fingerprint density at radius 2 is 2.24 bits per heavy atom. The molecule has 0 bridgehead atoms. The normalized spacial score (nSPS) is 14.4. The molecule has 0 unspecified atom stereocenters. The summed E-state index contributed by atoms with van der Waals surface area (Å²) in [6.07, 6.45) is 5.48. The highest BCUT2D eigenvalue weighted by atomic mass is 16.2. The molecule has 1 aliphatic rings. The first-order chi connectivity index (χ1) is 10.2. The quantitative estimate of drug-likeness (QED) is 0.665. The van der Waals surface area contributed by atoms with Crippen molar-refractivity contribution < 1.29 is 4.79 Å². The molecule has 1 aromatic carbocycles. The summed E-state index contributed by atoms with van der Waals surface area (Å²) in [5.41, 5.74) is 8.02. The van der Waals surface area contributed by atoms with Gasteiger partial charge in [0.15, 0.2) is 0 Å². The van der Waals surface area contributed by atoms with E-state index in [2.05, 4.69) is 14.5 Å². The van der Waals surface area contributed by atoms with Crippen LogP contribution in [0.3, 0.4) is 0 Å². The highest BCUT2D eigenvalue weighted by molar-refractivity contribution is 6.07. The highest BCUT2D eigenvalue weighted by Gasteiger charge is 2.24. The minimum absolute atomic E-state index is 0.0280. The van der Waals surface area contributed by atoms with E-state index in [1.54, 1.807) is 12.4 Å². The number of anilines is 1. The van der Waals surface area contributed by atoms with Crippen molar-refractivity contribution in [1.82, 2.24) is 19.4 Å². The molecule has 0 fully saturated rings. The Bertz CT molecular complexity index is 832. The fourth-order valence-electron chi connectivity index (χ4n) is 2.84. The predicted molar refractivity (Wildman–Crippen MR) is 79.7 cm³/mol. The maximum atomic E-state index is 12.7. The average molecular weight is 281 g/mol. The minimum atomic E-state index is 0.0280. The second kappa shape index (κ2) is 4.37. The van der Waals surface area contributed by atoms with Gasteiger partial charge in [0, 0.05) is 48.3 Å². The summed E-state index contributed by atoms with van der Waals surface area (Å²) in [6.45, 7) is 2.04. The molecule has 0 spiro atoms. The number of benzene rings is 1. The molecule has 1 amide bonds. The zero-order valence-electron chi connectivity index (χ0n) is 11.4. The second-order valence-corrected chi connectivity index (χ2v) is 5.27. The number of H-pyrrole nitrogens is 1. The predicted octanol–water partition coefficient (Wildman–Crippen LogP) is 1.60. The average Bonchev–Trinajstić information content (AvgIpc) is 3.11. The summed E-state index contributed by atoms with van der Waals surface area (Å²) in [4.78, 5) is 22.0. The summed E-state index contributed by atoms with van der Waals surface area (Å²) in [6, 6.07) is 5.55. The van der Waals surface area contributed by atoms with Gasteiger partial charge in [0.1, 0.15) is 5.82 Å². The van der Waals surface area contributed by atoms with Crippen LogP contribution >= 0.6 is 0 Å². The van der Waals surface area contributed by atoms with E-state index in [1.807, 2.05) is 29.3 Å². The topological polar surface area (TPSA) is 79.9 Å². The van der Waals surface area contributed by atoms with Gasteiger partial charge >= 0.3 is 0 Å². The van der Waals surface area contributed by atoms with Crippen molar-refractivity contribution in [2.24, 2.45) is 0 Å². The number of rotatable bonds is 1. The van der Waals surface area contributed by atoms with Crippen LogP contribution in [-0.2, 0) is 13.1 Å². The van der Waals surface area contributed by atoms with E-state index < -0.39 is 0 Å². The molecule has 0 aliphatic carbocycles. The Hall–Kier alpha value is -2.76. The molecule has 106 valence electrons. The zero-order valence-corrected chi connectivity index (χ0v) is 11.4. The molecule has 0 radical (unpaired) electrons. The van der Waals surface area contributed by atoms with Crippen LogP contribution in [-0.4, -0.2) is 31.9 Å². The fourth-order valence-corrected chi connectivity index (χ4v) is 2.84. The maximum absolute atomic E-state index is 12.7. The first-order valence-electron chi connectivity index (χ1n) is 6.88. The maximum Gasteiger partial charge on any atom is 0.256 e. The molecule has 2 aromatic heterocycles. The van der Waals surface area contributed by atoms with Crippen LogP contribution in [0.2, 0.25) is 0 Å². The molecule has 0 saturated carbocycles. The summed E-state index contributed by atoms with van der Waals surface area (Å²) >= 11 is 0. The fraction of sp³-hybridized carbons (Fsp3) is 0.200. The third-order valence-corrected chi connectivity index (χ3v) is 3.97. The van der Waals surface area contributed by atoms with Gasteiger partial charge in [0.25, 0.3) is 5.91 Å². The number of nitrogens with two attached hydrogens (primary N) is 1. The monoisotopic (exact) mass is 281 g/mol. The van der Waals surface area contributed by atoms with Crippen molar-refractivity contribution in [3.63, 3.8) is 0 Å². The molecule has 6 heteroatoms. The lowest BCUT2D eigenvalue weighted by Gasteiger charge is -2.27. The summed E-state index contributed by atoms with van der Waals surface area (Å²) in [7, 11) is 0. The third-order valence-electron chi connectivity index (χ3n) is 3.97. The molecule has 3 N–H and O–H groups in total. The van der Waals surface area contributed by atoms with Crippen LogP contribution in [0.5, 0.6) is 0 Å². The second-order valence-electron chi connectivity index (χ2n) is 5.27. The molecule has 3 heterocycles. The lowest BCUT2D eigenvalue weighted by Crippen LogP contribution is -2.38. The number of nitrogen functional groups attached to an aromatic ring is 1. The van der Waals surface area contributed by atoms with Gasteiger partial charge in [-0.3, -0.25) is 4.79 Å². The number of carbonyl (C=O) groups is 1. The number of fused-ring (bicyclic) bond motifs is 2. The zero-order chi connectivity index (χ0) is 14.4. The van der Waals surface area contributed by atoms with Crippen molar-refractivity contribution in [3.05, 3.63) is 48.2 Å². The van der Waals surface area contributed by atoms with Gasteiger partial charge < -0.3 is 20.2 Å². The van der Waals surface area contributed by atoms with Crippen molar-refractivity contribution in [2.45, 2.75) is 13.1 Å². The Balaban J connectivity index is 1.68. The number of imidazole rings is 1. The first kappa shape index (κ1) is 12.0. The SMILES string of the molecule is Nc1ccc2c(C(=O)N3CCn4ccnc4C3)c[nH]c2c1. The first-order valence-corrected chi connectivity index (χ1v) is 6.88. The lowest BCUT2D eigenvalue weighted by atomic mass is 10.1. The van der Waals surface area contributed by atoms with Crippen LogP contribution in [0.4, 0.5) is 5.69 Å². The number of aromatic nitrogens is 3. The van der Waals surface area contributed by atoms with Gasteiger partial charge in [-0.05, 0) is 18.2 Å². The van der Waals surface area contributed by atoms with Crippen LogP contribution in [0.15, 0.2) is 36.8 Å². The number of hydrogen-bond donors (Lipinski definition) is 2. The summed E-state index contributed by atoms with van der Waals surface area (Å²) in [5, 5.41) is 0.906.